The van der Waals surface area contributed by atoms with Crippen molar-refractivity contribution in [3.8, 4) is 0 Å². The van der Waals surface area contributed by atoms with Gasteiger partial charge in [0.1, 0.15) is 0 Å². The fourth-order valence-corrected chi connectivity index (χ4v) is 3.29. The second-order valence-electron chi connectivity index (χ2n) is 6.63. The molecule has 1 saturated carbocycles. The van der Waals surface area contributed by atoms with Crippen LogP contribution in [0.2, 0.25) is 0 Å². The first-order valence-electron chi connectivity index (χ1n) is 8.46. The van der Waals surface area contributed by atoms with Crippen molar-refractivity contribution in [1.29, 1.82) is 0 Å². The molecule has 0 atom stereocenters. The van der Waals surface area contributed by atoms with Crippen molar-refractivity contribution in [3.05, 3.63) is 48.1 Å². The number of allylic oxidation sites excluding steroid dienone is 1. The molecule has 0 unspecified atom stereocenters. The molecule has 0 spiro atoms. The summed E-state index contributed by atoms with van der Waals surface area (Å²) in [6.07, 6.45) is 3.90. The minimum absolute atomic E-state index is 0.0510. The fraction of sp³-hybridized carbons (Fsp3) is 0.579. The van der Waals surface area contributed by atoms with Gasteiger partial charge >= 0.3 is 6.11 Å². The van der Waals surface area contributed by atoms with Crippen LogP contribution in [0.15, 0.2) is 30.9 Å². The average molecular weight is 344 g/mol. The monoisotopic (exact) mass is 344 g/mol. The molecule has 24 heavy (non-hydrogen) atoms. The second-order valence-corrected chi connectivity index (χ2v) is 6.63. The standard InChI is InChI=1S/C19H24F4O/c1-2-3-4-14-5-7-15(8-6-14)12-19(22,23)24-13-16-9-10-17(20)18(21)11-16/h2,9-11,14-15H,1,3-8,12-13H2/t14-,15-. The third-order valence-electron chi connectivity index (χ3n) is 4.71. The number of hydrogen-bond acceptors (Lipinski definition) is 1. The molecule has 2 rings (SSSR count). The Morgan fingerprint density at radius 3 is 2.38 bits per heavy atom. The van der Waals surface area contributed by atoms with E-state index in [9.17, 15) is 17.6 Å². The van der Waals surface area contributed by atoms with E-state index < -0.39 is 24.3 Å². The highest BCUT2D eigenvalue weighted by atomic mass is 19.3. The van der Waals surface area contributed by atoms with Gasteiger partial charge in [-0.15, -0.1) is 6.58 Å². The molecule has 0 aromatic heterocycles. The van der Waals surface area contributed by atoms with Crippen LogP contribution < -0.4 is 0 Å². The molecule has 0 bridgehead atoms. The number of ether oxygens (including phenoxy) is 1. The number of hydrogen-bond donors (Lipinski definition) is 0. The Labute approximate surface area is 140 Å². The fourth-order valence-electron chi connectivity index (χ4n) is 3.29. The zero-order valence-electron chi connectivity index (χ0n) is 13.7. The maximum atomic E-state index is 14.0. The number of rotatable bonds is 8. The first kappa shape index (κ1) is 19.0. The van der Waals surface area contributed by atoms with Crippen LogP contribution in [0.4, 0.5) is 17.6 Å². The molecular formula is C19H24F4O. The van der Waals surface area contributed by atoms with E-state index in [1.54, 1.807) is 0 Å². The van der Waals surface area contributed by atoms with E-state index in [4.69, 9.17) is 0 Å². The minimum Gasteiger partial charge on any atom is -0.316 e. The first-order chi connectivity index (χ1) is 11.4. The largest absolute Gasteiger partial charge is 0.356 e. The molecular weight excluding hydrogens is 320 g/mol. The van der Waals surface area contributed by atoms with Crippen LogP contribution in [0.3, 0.4) is 0 Å². The van der Waals surface area contributed by atoms with Gasteiger partial charge in [-0.25, -0.2) is 8.78 Å². The molecule has 1 nitrogen and oxygen atoms in total. The maximum absolute atomic E-state index is 14.0. The van der Waals surface area contributed by atoms with Crippen LogP contribution in [0, 0.1) is 23.5 Å². The second kappa shape index (κ2) is 8.65. The Morgan fingerprint density at radius 1 is 1.08 bits per heavy atom. The molecule has 5 heteroatoms. The van der Waals surface area contributed by atoms with E-state index in [2.05, 4.69) is 11.3 Å². The van der Waals surface area contributed by atoms with Gasteiger partial charge in [0, 0.05) is 6.42 Å². The van der Waals surface area contributed by atoms with Gasteiger partial charge in [-0.2, -0.15) is 8.78 Å². The lowest BCUT2D eigenvalue weighted by Gasteiger charge is -2.30. The maximum Gasteiger partial charge on any atom is 0.356 e. The summed E-state index contributed by atoms with van der Waals surface area (Å²) in [4.78, 5) is 0. The summed E-state index contributed by atoms with van der Waals surface area (Å²) in [5.41, 5.74) is 0.196. The van der Waals surface area contributed by atoms with Crippen molar-refractivity contribution in [1.82, 2.24) is 0 Å². The molecule has 0 aliphatic heterocycles. The summed E-state index contributed by atoms with van der Waals surface area (Å²) in [5, 5.41) is 0. The van der Waals surface area contributed by atoms with Crippen LogP contribution in [0.25, 0.3) is 0 Å². The highest BCUT2D eigenvalue weighted by Gasteiger charge is 2.35. The summed E-state index contributed by atoms with van der Waals surface area (Å²) >= 11 is 0. The summed E-state index contributed by atoms with van der Waals surface area (Å²) in [5.74, 6) is -1.50. The van der Waals surface area contributed by atoms with Crippen molar-refractivity contribution >= 4 is 0 Å². The van der Waals surface area contributed by atoms with Gasteiger partial charge < -0.3 is 4.74 Å². The third-order valence-corrected chi connectivity index (χ3v) is 4.71. The molecule has 134 valence electrons. The van der Waals surface area contributed by atoms with Gasteiger partial charge in [-0.05, 0) is 55.2 Å². The molecule has 0 N–H and O–H groups in total. The Bertz CT molecular complexity index is 536. The van der Waals surface area contributed by atoms with Crippen molar-refractivity contribution < 1.29 is 22.3 Å². The Kier molecular flexibility index (Phi) is 6.84. The van der Waals surface area contributed by atoms with E-state index in [1.807, 2.05) is 6.08 Å². The van der Waals surface area contributed by atoms with Crippen LogP contribution in [0.5, 0.6) is 0 Å². The van der Waals surface area contributed by atoms with E-state index in [0.717, 1.165) is 50.7 Å². The summed E-state index contributed by atoms with van der Waals surface area (Å²) < 4.78 is 58.5. The molecule has 1 aliphatic carbocycles. The van der Waals surface area contributed by atoms with Crippen molar-refractivity contribution in [2.24, 2.45) is 11.8 Å². The molecule has 1 aromatic carbocycles. The van der Waals surface area contributed by atoms with E-state index in [0.29, 0.717) is 5.92 Å². The first-order valence-corrected chi connectivity index (χ1v) is 8.46. The molecule has 0 heterocycles. The lowest BCUT2D eigenvalue weighted by molar-refractivity contribution is -0.256. The molecule has 0 radical (unpaired) electrons. The number of halogens is 4. The lowest BCUT2D eigenvalue weighted by atomic mass is 9.78. The smallest absolute Gasteiger partial charge is 0.316 e. The van der Waals surface area contributed by atoms with E-state index in [1.165, 1.54) is 6.07 Å². The summed E-state index contributed by atoms with van der Waals surface area (Å²) in [6.45, 7) is 3.27. The highest BCUT2D eigenvalue weighted by molar-refractivity contribution is 5.16. The van der Waals surface area contributed by atoms with Gasteiger partial charge in [0.2, 0.25) is 0 Å². The van der Waals surface area contributed by atoms with Gasteiger partial charge in [-0.3, -0.25) is 0 Å². The van der Waals surface area contributed by atoms with Crippen LogP contribution >= 0.6 is 0 Å². The SMILES string of the molecule is C=CCC[C@H]1CC[C@H](CC(F)(F)OCc2ccc(F)c(F)c2)CC1. The predicted octanol–water partition coefficient (Wildman–Crippen LogP) is 6.24. The van der Waals surface area contributed by atoms with Gasteiger partial charge in [0.25, 0.3) is 0 Å². The quantitative estimate of drug-likeness (QED) is 0.401. The predicted molar refractivity (Wildman–Crippen MR) is 85.6 cm³/mol. The van der Waals surface area contributed by atoms with Crippen molar-refractivity contribution in [2.75, 3.05) is 0 Å². The Morgan fingerprint density at radius 2 is 1.75 bits per heavy atom. The molecule has 1 fully saturated rings. The summed E-state index contributed by atoms with van der Waals surface area (Å²) in [6, 6.07) is 3.05. The highest BCUT2D eigenvalue weighted by Crippen LogP contribution is 2.38. The average Bonchev–Trinajstić information content (AvgIpc) is 2.55. The number of alkyl halides is 2. The zero-order chi connectivity index (χ0) is 17.6. The lowest BCUT2D eigenvalue weighted by Crippen LogP contribution is -2.27. The van der Waals surface area contributed by atoms with Crippen LogP contribution in [0.1, 0.15) is 50.5 Å². The normalized spacial score (nSPS) is 21.7. The zero-order valence-corrected chi connectivity index (χ0v) is 13.7. The Balaban J connectivity index is 1.77. The molecule has 1 aliphatic rings. The van der Waals surface area contributed by atoms with Crippen LogP contribution in [-0.4, -0.2) is 6.11 Å². The molecule has 0 amide bonds. The van der Waals surface area contributed by atoms with Gasteiger partial charge in [-0.1, -0.05) is 25.0 Å². The summed E-state index contributed by atoms with van der Waals surface area (Å²) in [7, 11) is 0. The molecule has 1 aromatic rings. The van der Waals surface area contributed by atoms with E-state index in [-0.39, 0.29) is 17.9 Å². The minimum atomic E-state index is -3.25. The van der Waals surface area contributed by atoms with Crippen molar-refractivity contribution in [2.45, 2.75) is 57.7 Å². The van der Waals surface area contributed by atoms with E-state index >= 15 is 0 Å². The van der Waals surface area contributed by atoms with Crippen molar-refractivity contribution in [3.63, 3.8) is 0 Å². The van der Waals surface area contributed by atoms with Gasteiger partial charge in [0.15, 0.2) is 11.6 Å². The Hall–Kier alpha value is -1.36. The third kappa shape index (κ3) is 5.93. The molecule has 0 saturated heterocycles. The number of benzene rings is 1. The van der Waals surface area contributed by atoms with Gasteiger partial charge in [0.05, 0.1) is 6.61 Å². The van der Waals surface area contributed by atoms with Crippen LogP contribution in [-0.2, 0) is 11.3 Å². The topological polar surface area (TPSA) is 9.23 Å².